The quantitative estimate of drug-likeness (QED) is 0.671. The Kier molecular flexibility index (Phi) is 5.32. The number of hydrogen-bond acceptors (Lipinski definition) is 4. The lowest BCUT2D eigenvalue weighted by molar-refractivity contribution is 0.0901. The summed E-state index contributed by atoms with van der Waals surface area (Å²) in [5.41, 5.74) is 3.41. The number of hydrogen-bond donors (Lipinski definition) is 2. The molecule has 0 fully saturated rings. The molecule has 0 aliphatic carbocycles. The molecule has 6 nitrogen and oxygen atoms in total. The van der Waals surface area contributed by atoms with Crippen molar-refractivity contribution in [3.05, 3.63) is 70.9 Å². The molecule has 4 rings (SSSR count). The summed E-state index contributed by atoms with van der Waals surface area (Å²) in [5.74, 6) is 0.642. The van der Waals surface area contributed by atoms with Gasteiger partial charge < -0.3 is 10.1 Å². The summed E-state index contributed by atoms with van der Waals surface area (Å²) in [6.45, 7) is 1.25. The van der Waals surface area contributed by atoms with Crippen molar-refractivity contribution in [1.29, 1.82) is 0 Å². The molecule has 1 aliphatic heterocycles. The van der Waals surface area contributed by atoms with E-state index in [4.69, 9.17) is 16.3 Å². The molecule has 0 saturated carbocycles. The molecule has 1 aromatic heterocycles. The first-order valence-electron chi connectivity index (χ1n) is 9.14. The highest BCUT2D eigenvalue weighted by atomic mass is 35.5. The fraction of sp³-hybridized carbons (Fsp3) is 0.238. The zero-order valence-electron chi connectivity index (χ0n) is 15.5. The van der Waals surface area contributed by atoms with Crippen LogP contribution in [0.15, 0.2) is 54.6 Å². The Hall–Kier alpha value is -2.83. The van der Waals surface area contributed by atoms with E-state index in [1.165, 1.54) is 5.56 Å². The van der Waals surface area contributed by atoms with E-state index in [0.29, 0.717) is 12.2 Å². The average molecular weight is 397 g/mol. The summed E-state index contributed by atoms with van der Waals surface area (Å²) in [6.07, 6.45) is 0.764. The molecule has 1 amide bonds. The first-order chi connectivity index (χ1) is 13.6. The molecule has 0 radical (unpaired) electrons. The lowest BCUT2D eigenvalue weighted by atomic mass is 10.1. The summed E-state index contributed by atoms with van der Waals surface area (Å²) in [5, 5.41) is 11.8. The average Bonchev–Trinajstić information content (AvgIpc) is 3.18. The molecule has 2 heterocycles. The second kappa shape index (κ2) is 8.04. The van der Waals surface area contributed by atoms with Gasteiger partial charge >= 0.3 is 0 Å². The van der Waals surface area contributed by atoms with Crippen LogP contribution in [0.4, 0.5) is 0 Å². The van der Waals surface area contributed by atoms with Crippen molar-refractivity contribution >= 4 is 17.5 Å². The number of carbonyl (C=O) groups excluding carboxylic acids is 1. The topological polar surface area (TPSA) is 68.2 Å². The Balaban J connectivity index is 1.51. The van der Waals surface area contributed by atoms with Crippen LogP contribution in [0.2, 0.25) is 5.02 Å². The van der Waals surface area contributed by atoms with Crippen molar-refractivity contribution in [2.45, 2.75) is 12.6 Å². The minimum absolute atomic E-state index is 0.0978. The SMILES string of the molecule is COc1cccc(-c2cc3n(n2)C(NCCc2ccc(Cl)cc2)CNC3=O)c1. The van der Waals surface area contributed by atoms with Gasteiger partial charge in [-0.05, 0) is 42.3 Å². The Morgan fingerprint density at radius 2 is 2.07 bits per heavy atom. The Morgan fingerprint density at radius 3 is 2.86 bits per heavy atom. The van der Waals surface area contributed by atoms with Gasteiger partial charge in [-0.15, -0.1) is 0 Å². The monoisotopic (exact) mass is 396 g/mol. The van der Waals surface area contributed by atoms with E-state index in [1.807, 2.05) is 54.6 Å². The normalized spacial score (nSPS) is 15.8. The Morgan fingerprint density at radius 1 is 1.25 bits per heavy atom. The van der Waals surface area contributed by atoms with E-state index < -0.39 is 0 Å². The van der Waals surface area contributed by atoms with Crippen molar-refractivity contribution in [3.63, 3.8) is 0 Å². The van der Waals surface area contributed by atoms with Crippen molar-refractivity contribution in [2.75, 3.05) is 20.2 Å². The van der Waals surface area contributed by atoms with Gasteiger partial charge in [0.25, 0.3) is 5.91 Å². The third-order valence-corrected chi connectivity index (χ3v) is 5.04. The predicted octanol–water partition coefficient (Wildman–Crippen LogP) is 3.29. The standard InChI is InChI=1S/C21H21ClN4O2/c1-28-17-4-2-3-15(11-17)18-12-19-21(27)24-13-20(26(19)25-18)23-10-9-14-5-7-16(22)8-6-14/h2-8,11-12,20,23H,9-10,13H2,1H3,(H,24,27). The van der Waals surface area contributed by atoms with Gasteiger partial charge in [-0.2, -0.15) is 5.10 Å². The minimum Gasteiger partial charge on any atom is -0.497 e. The maximum atomic E-state index is 12.3. The van der Waals surface area contributed by atoms with Crippen LogP contribution in [-0.2, 0) is 6.42 Å². The lowest BCUT2D eigenvalue weighted by Gasteiger charge is -2.25. The van der Waals surface area contributed by atoms with Crippen LogP contribution in [0.25, 0.3) is 11.3 Å². The molecular formula is C21H21ClN4O2. The molecule has 3 aromatic rings. The fourth-order valence-corrected chi connectivity index (χ4v) is 3.41. The summed E-state index contributed by atoms with van der Waals surface area (Å²) in [6, 6.07) is 17.3. The number of carbonyl (C=O) groups is 1. The van der Waals surface area contributed by atoms with Gasteiger partial charge in [0.05, 0.1) is 19.3 Å². The number of ether oxygens (including phenoxy) is 1. The highest BCUT2D eigenvalue weighted by molar-refractivity contribution is 6.30. The number of fused-ring (bicyclic) bond motifs is 1. The second-order valence-electron chi connectivity index (χ2n) is 6.65. The van der Waals surface area contributed by atoms with Crippen LogP contribution >= 0.6 is 11.6 Å². The van der Waals surface area contributed by atoms with Crippen molar-refractivity contribution in [2.24, 2.45) is 0 Å². The molecule has 1 aliphatic rings. The zero-order chi connectivity index (χ0) is 19.5. The van der Waals surface area contributed by atoms with E-state index in [1.54, 1.807) is 11.8 Å². The van der Waals surface area contributed by atoms with Gasteiger partial charge in [0, 0.05) is 17.1 Å². The van der Waals surface area contributed by atoms with Gasteiger partial charge in [-0.1, -0.05) is 35.9 Å². The van der Waals surface area contributed by atoms with Gasteiger partial charge in [0.2, 0.25) is 0 Å². The lowest BCUT2D eigenvalue weighted by Crippen LogP contribution is -2.45. The summed E-state index contributed by atoms with van der Waals surface area (Å²) < 4.78 is 7.06. The number of benzene rings is 2. The summed E-state index contributed by atoms with van der Waals surface area (Å²) >= 11 is 5.93. The number of methoxy groups -OCH3 is 1. The third-order valence-electron chi connectivity index (χ3n) is 4.79. The molecule has 1 unspecified atom stereocenters. The molecule has 0 spiro atoms. The van der Waals surface area contributed by atoms with Crippen LogP contribution in [0, 0.1) is 0 Å². The number of amides is 1. The fourth-order valence-electron chi connectivity index (χ4n) is 3.28. The highest BCUT2D eigenvalue weighted by Gasteiger charge is 2.27. The molecular weight excluding hydrogens is 376 g/mol. The molecule has 1 atom stereocenters. The molecule has 2 N–H and O–H groups in total. The maximum Gasteiger partial charge on any atom is 0.269 e. The van der Waals surface area contributed by atoms with Gasteiger partial charge in [-0.3, -0.25) is 10.1 Å². The number of nitrogens with one attached hydrogen (secondary N) is 2. The van der Waals surface area contributed by atoms with Gasteiger partial charge in [0.1, 0.15) is 17.6 Å². The summed E-state index contributed by atoms with van der Waals surface area (Å²) in [7, 11) is 1.63. The van der Waals surface area contributed by atoms with E-state index in [0.717, 1.165) is 35.0 Å². The molecule has 0 saturated heterocycles. The summed E-state index contributed by atoms with van der Waals surface area (Å²) in [4.78, 5) is 12.3. The Labute approximate surface area is 168 Å². The van der Waals surface area contributed by atoms with Crippen LogP contribution in [0.5, 0.6) is 5.75 Å². The minimum atomic E-state index is -0.114. The first-order valence-corrected chi connectivity index (χ1v) is 9.52. The number of aromatic nitrogens is 2. The van der Waals surface area contributed by atoms with E-state index in [2.05, 4.69) is 15.7 Å². The zero-order valence-corrected chi connectivity index (χ0v) is 16.2. The maximum absolute atomic E-state index is 12.3. The van der Waals surface area contributed by atoms with Crippen LogP contribution in [0.1, 0.15) is 22.2 Å². The predicted molar refractivity (Wildman–Crippen MR) is 109 cm³/mol. The molecule has 0 bridgehead atoms. The largest absolute Gasteiger partial charge is 0.497 e. The smallest absolute Gasteiger partial charge is 0.269 e. The number of rotatable bonds is 6. The van der Waals surface area contributed by atoms with Crippen LogP contribution in [0.3, 0.4) is 0 Å². The number of nitrogens with zero attached hydrogens (tertiary/aromatic N) is 2. The van der Waals surface area contributed by atoms with Gasteiger partial charge in [0.15, 0.2) is 0 Å². The third kappa shape index (κ3) is 3.88. The molecule has 2 aromatic carbocycles. The van der Waals surface area contributed by atoms with Crippen LogP contribution in [-0.4, -0.2) is 35.9 Å². The van der Waals surface area contributed by atoms with Crippen molar-refractivity contribution in [1.82, 2.24) is 20.4 Å². The molecule has 28 heavy (non-hydrogen) atoms. The van der Waals surface area contributed by atoms with Gasteiger partial charge in [-0.25, -0.2) is 4.68 Å². The van der Waals surface area contributed by atoms with E-state index >= 15 is 0 Å². The second-order valence-corrected chi connectivity index (χ2v) is 7.08. The molecule has 144 valence electrons. The van der Waals surface area contributed by atoms with Crippen molar-refractivity contribution in [3.8, 4) is 17.0 Å². The number of halogens is 1. The van der Waals surface area contributed by atoms with E-state index in [9.17, 15) is 4.79 Å². The van der Waals surface area contributed by atoms with Crippen molar-refractivity contribution < 1.29 is 9.53 Å². The molecule has 7 heteroatoms. The highest BCUT2D eigenvalue weighted by Crippen LogP contribution is 2.25. The van der Waals surface area contributed by atoms with E-state index in [-0.39, 0.29) is 12.1 Å². The van der Waals surface area contributed by atoms with Crippen LogP contribution < -0.4 is 15.4 Å². The Bertz CT molecular complexity index is 984. The first kappa shape index (κ1) is 18.5.